The van der Waals surface area contributed by atoms with Gasteiger partial charge < -0.3 is 9.47 Å². The van der Waals surface area contributed by atoms with Crippen LogP contribution in [0.15, 0.2) is 59.5 Å². The van der Waals surface area contributed by atoms with Gasteiger partial charge in [0, 0.05) is 6.42 Å². The van der Waals surface area contributed by atoms with E-state index < -0.39 is 21.4 Å². The number of ether oxygens (including phenoxy) is 2. The summed E-state index contributed by atoms with van der Waals surface area (Å²) in [5.74, 6) is 0. The van der Waals surface area contributed by atoms with Crippen LogP contribution in [0, 0.1) is 6.92 Å². The Kier molecular flexibility index (Phi) is 5.89. The van der Waals surface area contributed by atoms with E-state index in [0.717, 1.165) is 11.1 Å². The second-order valence-corrected chi connectivity index (χ2v) is 8.64. The van der Waals surface area contributed by atoms with E-state index in [4.69, 9.17) is 9.47 Å². The highest BCUT2D eigenvalue weighted by Crippen LogP contribution is 2.26. The summed E-state index contributed by atoms with van der Waals surface area (Å²) >= 11 is 0. The molecule has 5 heteroatoms. The van der Waals surface area contributed by atoms with Crippen molar-refractivity contribution in [2.75, 3.05) is 13.2 Å². The average Bonchev–Trinajstić information content (AvgIpc) is 3.13. The Morgan fingerprint density at radius 3 is 2.28 bits per heavy atom. The average molecular weight is 360 g/mol. The van der Waals surface area contributed by atoms with Crippen LogP contribution < -0.4 is 0 Å². The summed E-state index contributed by atoms with van der Waals surface area (Å²) in [6.07, 6.45) is 1.19. The van der Waals surface area contributed by atoms with E-state index in [2.05, 4.69) is 0 Å². The molecule has 25 heavy (non-hydrogen) atoms. The molecule has 0 aromatic heterocycles. The first-order valence-corrected chi connectivity index (χ1v) is 10.2. The number of sulfone groups is 1. The first kappa shape index (κ1) is 18.1. The van der Waals surface area contributed by atoms with E-state index in [-0.39, 0.29) is 0 Å². The first-order chi connectivity index (χ1) is 12.1. The molecule has 0 bridgehead atoms. The standard InChI is InChI=1S/C20H24O4S/c1-16-7-10-18(11-8-16)25(21,22)19(15-20-23-13-14-24-20)12-9-17-5-3-2-4-6-17/h2-8,10-11,19-20H,9,12-15H2,1H3. The lowest BCUT2D eigenvalue weighted by Gasteiger charge is -2.20. The molecule has 0 amide bonds. The van der Waals surface area contributed by atoms with Gasteiger partial charge in [-0.3, -0.25) is 0 Å². The van der Waals surface area contributed by atoms with Gasteiger partial charge in [0.05, 0.1) is 23.4 Å². The zero-order chi connectivity index (χ0) is 17.7. The van der Waals surface area contributed by atoms with Crippen molar-refractivity contribution >= 4 is 9.84 Å². The summed E-state index contributed by atoms with van der Waals surface area (Å²) in [5, 5.41) is -0.529. The van der Waals surface area contributed by atoms with E-state index in [0.29, 0.717) is 37.4 Å². The third-order valence-corrected chi connectivity index (χ3v) is 6.77. The van der Waals surface area contributed by atoms with Crippen LogP contribution in [0.1, 0.15) is 24.0 Å². The van der Waals surface area contributed by atoms with E-state index >= 15 is 0 Å². The molecule has 1 aliphatic rings. The zero-order valence-electron chi connectivity index (χ0n) is 14.4. The van der Waals surface area contributed by atoms with E-state index in [1.54, 1.807) is 12.1 Å². The molecule has 1 saturated heterocycles. The molecule has 1 aliphatic heterocycles. The molecule has 134 valence electrons. The van der Waals surface area contributed by atoms with Crippen LogP contribution in [0.3, 0.4) is 0 Å². The number of benzene rings is 2. The van der Waals surface area contributed by atoms with Crippen molar-refractivity contribution in [1.82, 2.24) is 0 Å². The molecule has 1 heterocycles. The summed E-state index contributed by atoms with van der Waals surface area (Å²) in [6.45, 7) is 3.00. The number of hydrogen-bond acceptors (Lipinski definition) is 4. The number of aryl methyl sites for hydroxylation is 2. The molecule has 0 aliphatic carbocycles. The Bertz CT molecular complexity index is 763. The Labute approximate surface area is 149 Å². The van der Waals surface area contributed by atoms with Crippen LogP contribution in [-0.4, -0.2) is 33.2 Å². The highest BCUT2D eigenvalue weighted by molar-refractivity contribution is 7.92. The summed E-state index contributed by atoms with van der Waals surface area (Å²) in [4.78, 5) is 0.370. The monoisotopic (exact) mass is 360 g/mol. The van der Waals surface area contributed by atoms with Crippen molar-refractivity contribution in [2.24, 2.45) is 0 Å². The smallest absolute Gasteiger partial charge is 0.181 e. The minimum absolute atomic E-state index is 0.364. The maximum absolute atomic E-state index is 13.1. The summed E-state index contributed by atoms with van der Waals surface area (Å²) in [5.41, 5.74) is 2.18. The van der Waals surface area contributed by atoms with Crippen molar-refractivity contribution in [3.63, 3.8) is 0 Å². The van der Waals surface area contributed by atoms with Gasteiger partial charge in [0.2, 0.25) is 0 Å². The van der Waals surface area contributed by atoms with E-state index in [1.807, 2.05) is 49.4 Å². The molecule has 0 spiro atoms. The molecule has 2 aromatic carbocycles. The Hall–Kier alpha value is -1.69. The largest absolute Gasteiger partial charge is 0.350 e. The van der Waals surface area contributed by atoms with Crippen molar-refractivity contribution < 1.29 is 17.9 Å². The van der Waals surface area contributed by atoms with Crippen molar-refractivity contribution in [3.05, 3.63) is 65.7 Å². The molecule has 0 N–H and O–H groups in total. The quantitative estimate of drug-likeness (QED) is 0.758. The minimum Gasteiger partial charge on any atom is -0.350 e. The number of hydrogen-bond donors (Lipinski definition) is 0. The fourth-order valence-electron chi connectivity index (χ4n) is 3.05. The lowest BCUT2D eigenvalue weighted by Crippen LogP contribution is -2.28. The van der Waals surface area contributed by atoms with Gasteiger partial charge in [-0.25, -0.2) is 8.42 Å². The van der Waals surface area contributed by atoms with Crippen molar-refractivity contribution in [3.8, 4) is 0 Å². The zero-order valence-corrected chi connectivity index (χ0v) is 15.2. The van der Waals surface area contributed by atoms with Crippen LogP contribution in [0.4, 0.5) is 0 Å². The predicted molar refractivity (Wildman–Crippen MR) is 97.2 cm³/mol. The second-order valence-electron chi connectivity index (χ2n) is 6.41. The molecule has 2 aromatic rings. The lowest BCUT2D eigenvalue weighted by atomic mass is 10.1. The van der Waals surface area contributed by atoms with Gasteiger partial charge in [-0.05, 0) is 37.5 Å². The first-order valence-electron chi connectivity index (χ1n) is 8.63. The molecule has 4 nitrogen and oxygen atoms in total. The third-order valence-electron chi connectivity index (χ3n) is 4.53. The van der Waals surface area contributed by atoms with Crippen molar-refractivity contribution in [1.29, 1.82) is 0 Å². The summed E-state index contributed by atoms with van der Waals surface area (Å²) < 4.78 is 37.3. The molecule has 3 rings (SSSR count). The normalized spacial score (nSPS) is 16.8. The van der Waals surface area contributed by atoms with Crippen LogP contribution in [0.5, 0.6) is 0 Å². The predicted octanol–water partition coefficient (Wildman–Crippen LogP) is 3.53. The Balaban J connectivity index is 1.79. The maximum atomic E-state index is 13.1. The van der Waals surface area contributed by atoms with Crippen LogP contribution in [0.25, 0.3) is 0 Å². The molecule has 1 fully saturated rings. The lowest BCUT2D eigenvalue weighted by molar-refractivity contribution is -0.0472. The van der Waals surface area contributed by atoms with E-state index in [1.165, 1.54) is 0 Å². The van der Waals surface area contributed by atoms with Gasteiger partial charge in [0.1, 0.15) is 0 Å². The van der Waals surface area contributed by atoms with Gasteiger partial charge in [-0.2, -0.15) is 0 Å². The summed E-state index contributed by atoms with van der Waals surface area (Å²) in [6, 6.07) is 17.0. The second kappa shape index (κ2) is 8.13. The molecule has 1 unspecified atom stereocenters. The Morgan fingerprint density at radius 1 is 1.00 bits per heavy atom. The fourth-order valence-corrected chi connectivity index (χ4v) is 4.79. The molecule has 1 atom stereocenters. The molecule has 0 saturated carbocycles. The summed E-state index contributed by atoms with van der Waals surface area (Å²) in [7, 11) is -3.44. The van der Waals surface area contributed by atoms with Gasteiger partial charge in [0.15, 0.2) is 16.1 Å². The van der Waals surface area contributed by atoms with E-state index in [9.17, 15) is 8.42 Å². The highest BCUT2D eigenvalue weighted by Gasteiger charge is 2.32. The van der Waals surface area contributed by atoms with Gasteiger partial charge in [0.25, 0.3) is 0 Å². The minimum atomic E-state index is -3.44. The highest BCUT2D eigenvalue weighted by atomic mass is 32.2. The van der Waals surface area contributed by atoms with Crippen LogP contribution in [0.2, 0.25) is 0 Å². The van der Waals surface area contributed by atoms with Gasteiger partial charge >= 0.3 is 0 Å². The van der Waals surface area contributed by atoms with Crippen molar-refractivity contribution in [2.45, 2.75) is 42.6 Å². The fraction of sp³-hybridized carbons (Fsp3) is 0.400. The van der Waals surface area contributed by atoms with Crippen LogP contribution in [-0.2, 0) is 25.7 Å². The SMILES string of the molecule is Cc1ccc(S(=O)(=O)C(CCc2ccccc2)CC2OCCO2)cc1. The Morgan fingerprint density at radius 2 is 1.64 bits per heavy atom. The molecule has 0 radical (unpaired) electrons. The molecular formula is C20H24O4S. The van der Waals surface area contributed by atoms with Gasteiger partial charge in [-0.15, -0.1) is 0 Å². The van der Waals surface area contributed by atoms with Crippen LogP contribution >= 0.6 is 0 Å². The maximum Gasteiger partial charge on any atom is 0.181 e. The molecular weight excluding hydrogens is 336 g/mol. The topological polar surface area (TPSA) is 52.6 Å². The number of rotatable bonds is 7. The van der Waals surface area contributed by atoms with Gasteiger partial charge in [-0.1, -0.05) is 48.0 Å². The third kappa shape index (κ3) is 4.69.